The SMILES string of the molecule is c1ccc(C2CCNCC2OCc2ccc3ccccc3c2)c(OCC2OCCO2)c1. The number of nitrogens with one attached hydrogen (secondary N) is 1. The molecule has 0 bridgehead atoms. The quantitative estimate of drug-likeness (QED) is 0.620. The van der Waals surface area contributed by atoms with Gasteiger partial charge in [0.25, 0.3) is 0 Å². The van der Waals surface area contributed by atoms with E-state index in [9.17, 15) is 0 Å². The van der Waals surface area contributed by atoms with Crippen LogP contribution in [0.1, 0.15) is 23.5 Å². The van der Waals surface area contributed by atoms with Crippen LogP contribution in [0.5, 0.6) is 5.75 Å². The molecule has 0 radical (unpaired) electrons. The minimum absolute atomic E-state index is 0.0870. The lowest BCUT2D eigenvalue weighted by Gasteiger charge is -2.33. The summed E-state index contributed by atoms with van der Waals surface area (Å²) >= 11 is 0. The molecule has 2 fully saturated rings. The zero-order valence-electron chi connectivity index (χ0n) is 17.7. The number of ether oxygens (including phenoxy) is 4. The summed E-state index contributed by atoms with van der Waals surface area (Å²) < 4.78 is 23.6. The Morgan fingerprint density at radius 2 is 1.71 bits per heavy atom. The van der Waals surface area contributed by atoms with Crippen molar-refractivity contribution in [3.63, 3.8) is 0 Å². The van der Waals surface area contributed by atoms with E-state index in [1.165, 1.54) is 21.9 Å². The van der Waals surface area contributed by atoms with Gasteiger partial charge < -0.3 is 24.3 Å². The number of hydrogen-bond acceptors (Lipinski definition) is 5. The fourth-order valence-corrected chi connectivity index (χ4v) is 4.47. The minimum Gasteiger partial charge on any atom is -0.488 e. The van der Waals surface area contributed by atoms with E-state index in [2.05, 4.69) is 59.9 Å². The smallest absolute Gasteiger partial charge is 0.191 e. The first-order valence-corrected chi connectivity index (χ1v) is 11.1. The predicted octanol–water partition coefficient (Wildman–Crippen LogP) is 4.25. The van der Waals surface area contributed by atoms with Gasteiger partial charge >= 0.3 is 0 Å². The van der Waals surface area contributed by atoms with Crippen molar-refractivity contribution in [3.8, 4) is 5.75 Å². The molecule has 0 aliphatic carbocycles. The van der Waals surface area contributed by atoms with Crippen LogP contribution >= 0.6 is 0 Å². The molecule has 1 N–H and O–H groups in total. The van der Waals surface area contributed by atoms with E-state index in [1.54, 1.807) is 0 Å². The zero-order chi connectivity index (χ0) is 20.9. The molecule has 0 aromatic heterocycles. The average molecular weight is 420 g/mol. The van der Waals surface area contributed by atoms with Crippen molar-refractivity contribution in [3.05, 3.63) is 77.9 Å². The lowest BCUT2D eigenvalue weighted by Crippen LogP contribution is -2.41. The van der Waals surface area contributed by atoms with Crippen molar-refractivity contribution < 1.29 is 18.9 Å². The van der Waals surface area contributed by atoms with E-state index in [0.717, 1.165) is 25.3 Å². The first-order valence-electron chi connectivity index (χ1n) is 11.1. The molecule has 0 amide bonds. The van der Waals surface area contributed by atoms with Gasteiger partial charge in [0.2, 0.25) is 0 Å². The molecule has 2 atom stereocenters. The highest BCUT2D eigenvalue weighted by atomic mass is 16.7. The van der Waals surface area contributed by atoms with E-state index in [0.29, 0.717) is 26.4 Å². The van der Waals surface area contributed by atoms with Gasteiger partial charge in [-0.2, -0.15) is 0 Å². The van der Waals surface area contributed by atoms with Crippen molar-refractivity contribution in [1.29, 1.82) is 0 Å². The molecule has 2 heterocycles. The maximum atomic E-state index is 6.45. The number of rotatable bonds is 7. The van der Waals surface area contributed by atoms with Gasteiger partial charge in [0.05, 0.1) is 25.9 Å². The van der Waals surface area contributed by atoms with E-state index >= 15 is 0 Å². The van der Waals surface area contributed by atoms with Gasteiger partial charge in [-0.3, -0.25) is 0 Å². The summed E-state index contributed by atoms with van der Waals surface area (Å²) in [6.07, 6.45) is 0.823. The minimum atomic E-state index is -0.277. The molecule has 5 nitrogen and oxygen atoms in total. The van der Waals surface area contributed by atoms with Crippen LogP contribution < -0.4 is 10.1 Å². The molecule has 3 aromatic rings. The molecular weight excluding hydrogens is 390 g/mol. The van der Waals surface area contributed by atoms with Gasteiger partial charge in [0.1, 0.15) is 12.4 Å². The molecule has 2 unspecified atom stereocenters. The Morgan fingerprint density at radius 1 is 0.903 bits per heavy atom. The molecule has 2 aliphatic heterocycles. The van der Waals surface area contributed by atoms with E-state index in [1.807, 2.05) is 12.1 Å². The number of benzene rings is 3. The lowest BCUT2D eigenvalue weighted by molar-refractivity contribution is -0.0688. The highest BCUT2D eigenvalue weighted by molar-refractivity contribution is 5.82. The molecule has 162 valence electrons. The fraction of sp³-hybridized carbons (Fsp3) is 0.385. The van der Waals surface area contributed by atoms with Gasteiger partial charge in [0, 0.05) is 12.5 Å². The Labute approximate surface area is 183 Å². The Hall–Kier alpha value is -2.44. The Balaban J connectivity index is 1.28. The third-order valence-corrected chi connectivity index (χ3v) is 6.09. The molecule has 0 saturated carbocycles. The van der Waals surface area contributed by atoms with Gasteiger partial charge in [-0.15, -0.1) is 0 Å². The summed E-state index contributed by atoms with van der Waals surface area (Å²) in [5, 5.41) is 5.99. The number of hydrogen-bond donors (Lipinski definition) is 1. The summed E-state index contributed by atoms with van der Waals surface area (Å²) in [7, 11) is 0. The lowest BCUT2D eigenvalue weighted by atomic mass is 9.87. The molecular formula is C26H29NO4. The number of piperidine rings is 1. The normalized spacial score (nSPS) is 22.1. The molecule has 2 saturated heterocycles. The molecule has 2 aliphatic rings. The highest BCUT2D eigenvalue weighted by Crippen LogP contribution is 2.35. The Kier molecular flexibility index (Phi) is 6.46. The number of para-hydroxylation sites is 1. The third kappa shape index (κ3) is 4.91. The topological polar surface area (TPSA) is 49.0 Å². The van der Waals surface area contributed by atoms with Crippen LogP contribution in [0.2, 0.25) is 0 Å². The summed E-state index contributed by atoms with van der Waals surface area (Å²) in [4.78, 5) is 0. The van der Waals surface area contributed by atoms with Crippen molar-refractivity contribution in [2.75, 3.05) is 32.9 Å². The Morgan fingerprint density at radius 3 is 2.61 bits per heavy atom. The largest absolute Gasteiger partial charge is 0.488 e. The van der Waals surface area contributed by atoms with Crippen LogP contribution in [-0.4, -0.2) is 45.3 Å². The summed E-state index contributed by atoms with van der Waals surface area (Å²) in [5.74, 6) is 1.18. The maximum Gasteiger partial charge on any atom is 0.191 e. The van der Waals surface area contributed by atoms with Crippen LogP contribution in [-0.2, 0) is 20.8 Å². The van der Waals surface area contributed by atoms with Gasteiger partial charge in [-0.05, 0) is 47.0 Å². The second kappa shape index (κ2) is 9.79. The molecule has 5 rings (SSSR count). The molecule has 31 heavy (non-hydrogen) atoms. The average Bonchev–Trinajstić information content (AvgIpc) is 3.35. The summed E-state index contributed by atoms with van der Waals surface area (Å²) in [5.41, 5.74) is 2.40. The van der Waals surface area contributed by atoms with Crippen LogP contribution in [0.25, 0.3) is 10.8 Å². The Bertz CT molecular complexity index is 1000. The van der Waals surface area contributed by atoms with E-state index < -0.39 is 0 Å². The van der Waals surface area contributed by atoms with Gasteiger partial charge in [-0.1, -0.05) is 54.6 Å². The molecule has 5 heteroatoms. The first-order chi connectivity index (χ1) is 15.4. The second-order valence-electron chi connectivity index (χ2n) is 8.15. The second-order valence-corrected chi connectivity index (χ2v) is 8.15. The van der Waals surface area contributed by atoms with Gasteiger partial charge in [-0.25, -0.2) is 0 Å². The summed E-state index contributed by atoms with van der Waals surface area (Å²) in [6, 6.07) is 23.3. The molecule has 0 spiro atoms. The van der Waals surface area contributed by atoms with E-state index in [4.69, 9.17) is 18.9 Å². The van der Waals surface area contributed by atoms with Gasteiger partial charge in [0.15, 0.2) is 6.29 Å². The van der Waals surface area contributed by atoms with Crippen molar-refractivity contribution in [2.24, 2.45) is 0 Å². The standard InChI is InChI=1S/C26H29NO4/c1-2-6-21-15-19(9-10-20(21)5-1)17-30-25-16-27-12-11-23(25)22-7-3-4-8-24(22)31-18-26-28-13-14-29-26/h1-10,15,23,25-27H,11-14,16-18H2. The van der Waals surface area contributed by atoms with Crippen LogP contribution in [0.4, 0.5) is 0 Å². The van der Waals surface area contributed by atoms with Crippen molar-refractivity contribution in [1.82, 2.24) is 5.32 Å². The van der Waals surface area contributed by atoms with Crippen LogP contribution in [0.15, 0.2) is 66.7 Å². The molecule has 3 aromatic carbocycles. The van der Waals surface area contributed by atoms with Crippen LogP contribution in [0, 0.1) is 0 Å². The first kappa shape index (κ1) is 20.5. The fourth-order valence-electron chi connectivity index (χ4n) is 4.47. The van der Waals surface area contributed by atoms with Crippen molar-refractivity contribution in [2.45, 2.75) is 31.3 Å². The van der Waals surface area contributed by atoms with Crippen LogP contribution in [0.3, 0.4) is 0 Å². The van der Waals surface area contributed by atoms with Crippen molar-refractivity contribution >= 4 is 10.8 Å². The van der Waals surface area contributed by atoms with E-state index in [-0.39, 0.29) is 18.3 Å². The zero-order valence-corrected chi connectivity index (χ0v) is 17.7. The predicted molar refractivity (Wildman–Crippen MR) is 120 cm³/mol. The third-order valence-electron chi connectivity index (χ3n) is 6.09. The summed E-state index contributed by atoms with van der Waals surface area (Å²) in [6.45, 7) is 4.08. The number of fused-ring (bicyclic) bond motifs is 1. The highest BCUT2D eigenvalue weighted by Gasteiger charge is 2.29. The maximum absolute atomic E-state index is 6.45. The monoisotopic (exact) mass is 419 g/mol.